The number of methoxy groups -OCH3 is 1. The third-order valence-corrected chi connectivity index (χ3v) is 5.10. The monoisotopic (exact) mass is 457 g/mol. The second kappa shape index (κ2) is 14.2. The summed E-state index contributed by atoms with van der Waals surface area (Å²) in [5, 5.41) is 8.71. The molecule has 0 spiro atoms. The number of carboxylic acids is 1. The third kappa shape index (κ3) is 10.4. The Hall–Kier alpha value is -3.06. The number of hydrogen-bond acceptors (Lipinski definition) is 6. The van der Waals surface area contributed by atoms with Gasteiger partial charge in [0.15, 0.2) is 0 Å². The van der Waals surface area contributed by atoms with Gasteiger partial charge in [0.05, 0.1) is 7.11 Å². The van der Waals surface area contributed by atoms with Crippen molar-refractivity contribution in [3.05, 3.63) is 59.7 Å². The highest BCUT2D eigenvalue weighted by molar-refractivity contribution is 5.70. The summed E-state index contributed by atoms with van der Waals surface area (Å²) < 4.78 is 17.0. The van der Waals surface area contributed by atoms with Crippen LogP contribution >= 0.6 is 0 Å². The van der Waals surface area contributed by atoms with Crippen LogP contribution in [0.1, 0.15) is 36.8 Å². The second-order valence-corrected chi connectivity index (χ2v) is 8.25. The molecule has 0 aliphatic rings. The number of benzene rings is 2. The molecule has 7 nitrogen and oxygen atoms in total. The predicted molar refractivity (Wildman–Crippen MR) is 127 cm³/mol. The summed E-state index contributed by atoms with van der Waals surface area (Å²) in [6, 6.07) is 15.9. The molecule has 0 unspecified atom stereocenters. The SMILES string of the molecule is COc1cccc(CCc2ccccc2OC[C@H](CN(C)C)OC(=O)CCCCC(=O)O)c1. The molecule has 1 atom stereocenters. The fourth-order valence-corrected chi connectivity index (χ4v) is 3.46. The van der Waals surface area contributed by atoms with E-state index in [1.165, 1.54) is 5.56 Å². The lowest BCUT2D eigenvalue weighted by molar-refractivity contribution is -0.151. The summed E-state index contributed by atoms with van der Waals surface area (Å²) in [5.74, 6) is 0.435. The normalized spacial score (nSPS) is 11.8. The van der Waals surface area contributed by atoms with E-state index in [4.69, 9.17) is 19.3 Å². The van der Waals surface area contributed by atoms with Gasteiger partial charge in [0.2, 0.25) is 0 Å². The van der Waals surface area contributed by atoms with Gasteiger partial charge in [-0.2, -0.15) is 0 Å². The molecule has 1 N–H and O–H groups in total. The zero-order chi connectivity index (χ0) is 24.1. The lowest BCUT2D eigenvalue weighted by Crippen LogP contribution is -2.35. The van der Waals surface area contributed by atoms with Gasteiger partial charge in [0, 0.05) is 19.4 Å². The first-order valence-corrected chi connectivity index (χ1v) is 11.3. The van der Waals surface area contributed by atoms with Gasteiger partial charge in [-0.3, -0.25) is 9.59 Å². The number of aliphatic carboxylic acids is 1. The molecule has 180 valence electrons. The largest absolute Gasteiger partial charge is 0.497 e. The van der Waals surface area contributed by atoms with Crippen LogP contribution in [0.15, 0.2) is 48.5 Å². The van der Waals surface area contributed by atoms with Gasteiger partial charge >= 0.3 is 11.9 Å². The molecule has 0 fully saturated rings. The summed E-state index contributed by atoms with van der Waals surface area (Å²) in [5.41, 5.74) is 2.27. The van der Waals surface area contributed by atoms with E-state index in [0.717, 1.165) is 29.9 Å². The molecule has 2 aromatic carbocycles. The summed E-state index contributed by atoms with van der Waals surface area (Å²) in [6.07, 6.45) is 2.46. The molecule has 0 aromatic heterocycles. The molecule has 0 saturated carbocycles. The summed E-state index contributed by atoms with van der Waals surface area (Å²) in [4.78, 5) is 24.8. The number of ether oxygens (including phenoxy) is 3. The van der Waals surface area contributed by atoms with E-state index in [2.05, 4.69) is 6.07 Å². The van der Waals surface area contributed by atoms with Crippen LogP contribution in [0.2, 0.25) is 0 Å². The van der Waals surface area contributed by atoms with Gasteiger partial charge < -0.3 is 24.2 Å². The standard InChI is InChI=1S/C26H35NO6/c1-27(2)18-23(33-26(30)14-7-6-13-25(28)29)19-32-24-12-5-4-10-21(24)16-15-20-9-8-11-22(17-20)31-3/h4-5,8-12,17,23H,6-7,13-16,18-19H2,1-3H3,(H,28,29)/t23-/m0/s1. The highest BCUT2D eigenvalue weighted by atomic mass is 16.6. The van der Waals surface area contributed by atoms with E-state index >= 15 is 0 Å². The molecule has 0 bridgehead atoms. The number of carbonyl (C=O) groups is 2. The van der Waals surface area contributed by atoms with Crippen LogP contribution in [-0.2, 0) is 27.2 Å². The third-order valence-electron chi connectivity index (χ3n) is 5.10. The Morgan fingerprint density at radius 1 is 1.00 bits per heavy atom. The number of hydrogen-bond donors (Lipinski definition) is 1. The van der Waals surface area contributed by atoms with Crippen molar-refractivity contribution in [2.24, 2.45) is 0 Å². The van der Waals surface area contributed by atoms with Crippen LogP contribution in [0.3, 0.4) is 0 Å². The van der Waals surface area contributed by atoms with Gasteiger partial charge in [0.25, 0.3) is 0 Å². The topological polar surface area (TPSA) is 85.3 Å². The van der Waals surface area contributed by atoms with Crippen LogP contribution in [0.25, 0.3) is 0 Å². The Labute approximate surface area is 196 Å². The van der Waals surface area contributed by atoms with Crippen molar-refractivity contribution in [3.8, 4) is 11.5 Å². The lowest BCUT2D eigenvalue weighted by atomic mass is 10.0. The number of rotatable bonds is 15. The quantitative estimate of drug-likeness (QED) is 0.320. The van der Waals surface area contributed by atoms with Crippen LogP contribution in [0.4, 0.5) is 0 Å². The van der Waals surface area contributed by atoms with E-state index < -0.39 is 12.1 Å². The van der Waals surface area contributed by atoms with Gasteiger partial charge in [0.1, 0.15) is 24.2 Å². The van der Waals surface area contributed by atoms with Gasteiger partial charge in [-0.1, -0.05) is 30.3 Å². The highest BCUT2D eigenvalue weighted by Gasteiger charge is 2.17. The fraction of sp³-hybridized carbons (Fsp3) is 0.462. The average molecular weight is 458 g/mol. The van der Waals surface area contributed by atoms with Crippen molar-refractivity contribution in [1.82, 2.24) is 4.90 Å². The molecule has 0 amide bonds. The summed E-state index contributed by atoms with van der Waals surface area (Å²) in [6.45, 7) is 0.780. The number of carbonyl (C=O) groups excluding carboxylic acids is 1. The molecule has 0 heterocycles. The zero-order valence-electron chi connectivity index (χ0n) is 19.8. The maximum Gasteiger partial charge on any atom is 0.306 e. The van der Waals surface area contributed by atoms with Crippen LogP contribution in [-0.4, -0.2) is 62.4 Å². The number of esters is 1. The number of carboxylic acid groups (broad SMARTS) is 1. The Morgan fingerprint density at radius 3 is 2.48 bits per heavy atom. The Kier molecular flexibility index (Phi) is 11.2. The first-order chi connectivity index (χ1) is 15.9. The van der Waals surface area contributed by atoms with Crippen LogP contribution in [0, 0.1) is 0 Å². The van der Waals surface area contributed by atoms with Crippen LogP contribution < -0.4 is 9.47 Å². The molecule has 0 saturated heterocycles. The molecule has 33 heavy (non-hydrogen) atoms. The maximum atomic E-state index is 12.2. The van der Waals surface area contributed by atoms with Crippen molar-refractivity contribution >= 4 is 11.9 Å². The zero-order valence-corrected chi connectivity index (χ0v) is 19.8. The molecule has 0 aliphatic carbocycles. The smallest absolute Gasteiger partial charge is 0.306 e. The summed E-state index contributed by atoms with van der Waals surface area (Å²) in [7, 11) is 5.49. The van der Waals surface area contributed by atoms with Gasteiger partial charge in [-0.25, -0.2) is 0 Å². The predicted octanol–water partition coefficient (Wildman–Crippen LogP) is 3.98. The van der Waals surface area contributed by atoms with Crippen molar-refractivity contribution in [3.63, 3.8) is 0 Å². The number of para-hydroxylation sites is 1. The Bertz CT molecular complexity index is 883. The van der Waals surface area contributed by atoms with Crippen LogP contribution in [0.5, 0.6) is 11.5 Å². The Morgan fingerprint density at radius 2 is 1.76 bits per heavy atom. The van der Waals surface area contributed by atoms with E-state index in [0.29, 0.717) is 19.4 Å². The minimum absolute atomic E-state index is 0.0596. The minimum Gasteiger partial charge on any atom is -0.497 e. The average Bonchev–Trinajstić information content (AvgIpc) is 2.79. The first-order valence-electron chi connectivity index (χ1n) is 11.3. The first kappa shape index (κ1) is 26.2. The minimum atomic E-state index is -0.854. The number of nitrogens with zero attached hydrogens (tertiary/aromatic N) is 1. The fourth-order valence-electron chi connectivity index (χ4n) is 3.46. The molecule has 0 radical (unpaired) electrons. The van der Waals surface area contributed by atoms with Crippen molar-refractivity contribution < 1.29 is 28.9 Å². The van der Waals surface area contributed by atoms with Gasteiger partial charge in [-0.05, 0) is 69.1 Å². The summed E-state index contributed by atoms with van der Waals surface area (Å²) >= 11 is 0. The van der Waals surface area contributed by atoms with Gasteiger partial charge in [-0.15, -0.1) is 0 Å². The molecule has 0 aliphatic heterocycles. The molecule has 7 heteroatoms. The molecular weight excluding hydrogens is 422 g/mol. The van der Waals surface area contributed by atoms with Crippen molar-refractivity contribution in [2.75, 3.05) is 34.4 Å². The number of likely N-dealkylation sites (N-methyl/N-ethyl adjacent to an activating group) is 1. The second-order valence-electron chi connectivity index (χ2n) is 8.25. The molecular formula is C26H35NO6. The molecule has 2 rings (SSSR count). The number of unbranched alkanes of at least 4 members (excludes halogenated alkanes) is 1. The van der Waals surface area contributed by atoms with E-state index in [9.17, 15) is 9.59 Å². The number of aryl methyl sites for hydroxylation is 2. The highest BCUT2D eigenvalue weighted by Crippen LogP contribution is 2.22. The molecule has 2 aromatic rings. The Balaban J connectivity index is 1.92. The van der Waals surface area contributed by atoms with E-state index in [1.807, 2.05) is 61.5 Å². The van der Waals surface area contributed by atoms with E-state index in [1.54, 1.807) is 7.11 Å². The maximum absolute atomic E-state index is 12.2. The lowest BCUT2D eigenvalue weighted by Gasteiger charge is -2.22. The van der Waals surface area contributed by atoms with E-state index in [-0.39, 0.29) is 25.4 Å². The van der Waals surface area contributed by atoms with Crippen molar-refractivity contribution in [1.29, 1.82) is 0 Å². The van der Waals surface area contributed by atoms with Crippen molar-refractivity contribution in [2.45, 2.75) is 44.6 Å².